The first-order valence-electron chi connectivity index (χ1n) is 18.7. The average molecular weight is 731 g/mol. The summed E-state index contributed by atoms with van der Waals surface area (Å²) in [5.74, 6) is -1.41. The SMILES string of the molecule is C[C@@]12COC(C1)[C@@H](CCCOCCCC1OC(COC(=O)c3ccccc3)C(OC(=O)c3ccccc3)CCC1OC(=O)c1ccccc1)C(CO)O2. The second-order valence-electron chi connectivity index (χ2n) is 14.3. The molecule has 3 saturated heterocycles. The van der Waals surface area contributed by atoms with Gasteiger partial charge in [-0.1, -0.05) is 54.6 Å². The Balaban J connectivity index is 1.10. The van der Waals surface area contributed by atoms with E-state index < -0.39 is 42.3 Å². The lowest BCUT2D eigenvalue weighted by molar-refractivity contribution is -0.141. The second-order valence-corrected chi connectivity index (χ2v) is 14.3. The minimum Gasteiger partial charge on any atom is -0.459 e. The van der Waals surface area contributed by atoms with E-state index in [1.165, 1.54) is 0 Å². The average Bonchev–Trinajstić information content (AvgIpc) is 3.43. The molecule has 8 atom stereocenters. The summed E-state index contributed by atoms with van der Waals surface area (Å²) in [6, 6.07) is 26.1. The van der Waals surface area contributed by atoms with Crippen molar-refractivity contribution in [1.29, 1.82) is 0 Å². The number of aliphatic hydroxyl groups is 1. The van der Waals surface area contributed by atoms with Crippen LogP contribution in [0.15, 0.2) is 91.0 Å². The first-order chi connectivity index (χ1) is 25.8. The van der Waals surface area contributed by atoms with Gasteiger partial charge >= 0.3 is 17.9 Å². The van der Waals surface area contributed by atoms with Crippen LogP contribution in [0.1, 0.15) is 82.9 Å². The molecule has 3 aliphatic heterocycles. The first kappa shape index (κ1) is 38.6. The third-order valence-electron chi connectivity index (χ3n) is 10.2. The fourth-order valence-electron chi connectivity index (χ4n) is 7.48. The minimum absolute atomic E-state index is 0.0306. The van der Waals surface area contributed by atoms with Crippen LogP contribution in [-0.2, 0) is 33.2 Å². The highest BCUT2D eigenvalue weighted by atomic mass is 16.6. The topological polar surface area (TPSA) is 136 Å². The van der Waals surface area contributed by atoms with Gasteiger partial charge in [0.15, 0.2) is 0 Å². The molecule has 3 aliphatic rings. The fourth-order valence-corrected chi connectivity index (χ4v) is 7.48. The molecule has 0 saturated carbocycles. The predicted octanol–water partition coefficient (Wildman–Crippen LogP) is 5.97. The Kier molecular flexibility index (Phi) is 13.7. The number of carbonyl (C=O) groups is 3. The molecule has 6 rings (SSSR count). The summed E-state index contributed by atoms with van der Waals surface area (Å²) in [6.45, 7) is 3.37. The Bertz CT molecular complexity index is 1600. The molecule has 11 nitrogen and oxygen atoms in total. The molecule has 1 N–H and O–H groups in total. The van der Waals surface area contributed by atoms with Crippen LogP contribution in [0.4, 0.5) is 0 Å². The van der Waals surface area contributed by atoms with E-state index >= 15 is 0 Å². The Hall–Kier alpha value is -4.13. The van der Waals surface area contributed by atoms with Gasteiger partial charge < -0.3 is 38.3 Å². The zero-order valence-corrected chi connectivity index (χ0v) is 30.2. The highest BCUT2D eigenvalue weighted by Crippen LogP contribution is 2.42. The third kappa shape index (κ3) is 10.5. The quantitative estimate of drug-likeness (QED) is 0.106. The molecule has 53 heavy (non-hydrogen) atoms. The van der Waals surface area contributed by atoms with E-state index in [2.05, 4.69) is 0 Å². The van der Waals surface area contributed by atoms with Crippen LogP contribution in [0.2, 0.25) is 0 Å². The first-order valence-corrected chi connectivity index (χ1v) is 18.7. The number of aliphatic hydroxyl groups excluding tert-OH is 1. The summed E-state index contributed by atoms with van der Waals surface area (Å²) in [4.78, 5) is 39.5. The largest absolute Gasteiger partial charge is 0.459 e. The summed E-state index contributed by atoms with van der Waals surface area (Å²) in [5.41, 5.74) is 0.873. The fraction of sp³-hybridized carbons (Fsp3) is 0.500. The molecule has 0 radical (unpaired) electrons. The van der Waals surface area contributed by atoms with Crippen LogP contribution in [-0.4, -0.2) is 98.3 Å². The number of rotatable bonds is 16. The summed E-state index contributed by atoms with van der Waals surface area (Å²) >= 11 is 0. The molecule has 0 spiro atoms. The zero-order valence-electron chi connectivity index (χ0n) is 30.2. The standard InChI is InChI=1S/C42H50O11/c1-42-25-36(49-28-42)32(37(26-43)53-42)19-11-23-47-24-12-20-33-34(51-40(45)30-15-7-3-8-16-30)21-22-35(52-41(46)31-17-9-4-10-18-31)38(50-33)27-48-39(44)29-13-5-2-6-14-29/h2-10,13-18,32-38,43H,11-12,19-28H2,1H3/t32-,33?,34?,35?,36?,37?,38?,42+/m1/s1. The maximum absolute atomic E-state index is 13.3. The lowest BCUT2D eigenvalue weighted by atomic mass is 9.83. The van der Waals surface area contributed by atoms with Gasteiger partial charge in [-0.2, -0.15) is 0 Å². The summed E-state index contributed by atoms with van der Waals surface area (Å²) in [5, 5.41) is 9.94. The van der Waals surface area contributed by atoms with E-state index in [4.69, 9.17) is 33.2 Å². The van der Waals surface area contributed by atoms with Crippen LogP contribution in [0.3, 0.4) is 0 Å². The smallest absolute Gasteiger partial charge is 0.338 e. The van der Waals surface area contributed by atoms with Crippen molar-refractivity contribution in [2.45, 2.75) is 94.1 Å². The molecule has 0 aliphatic carbocycles. The second kappa shape index (κ2) is 18.8. The van der Waals surface area contributed by atoms with Gasteiger partial charge in [0.2, 0.25) is 0 Å². The van der Waals surface area contributed by atoms with E-state index in [-0.39, 0.29) is 36.9 Å². The lowest BCUT2D eigenvalue weighted by Gasteiger charge is -2.39. The van der Waals surface area contributed by atoms with E-state index in [0.717, 1.165) is 19.3 Å². The third-order valence-corrected chi connectivity index (χ3v) is 10.2. The van der Waals surface area contributed by atoms with Crippen LogP contribution in [0, 0.1) is 5.92 Å². The van der Waals surface area contributed by atoms with Crippen LogP contribution < -0.4 is 0 Å². The predicted molar refractivity (Wildman–Crippen MR) is 193 cm³/mol. The van der Waals surface area contributed by atoms with E-state index in [1.807, 2.05) is 25.1 Å². The molecule has 3 aromatic rings. The Morgan fingerprint density at radius 3 is 1.81 bits per heavy atom. The van der Waals surface area contributed by atoms with Gasteiger partial charge in [0.1, 0.15) is 24.9 Å². The minimum atomic E-state index is -0.821. The molecule has 284 valence electrons. The number of benzene rings is 3. The van der Waals surface area contributed by atoms with Gasteiger partial charge in [0, 0.05) is 25.6 Å². The van der Waals surface area contributed by atoms with Gasteiger partial charge in [-0.05, 0) is 81.8 Å². The van der Waals surface area contributed by atoms with Crippen LogP contribution in [0.25, 0.3) is 0 Å². The van der Waals surface area contributed by atoms with Crippen molar-refractivity contribution in [2.75, 3.05) is 33.0 Å². The number of hydrogen-bond donors (Lipinski definition) is 1. The van der Waals surface area contributed by atoms with Crippen LogP contribution in [0.5, 0.6) is 0 Å². The molecule has 3 heterocycles. The number of hydrogen-bond acceptors (Lipinski definition) is 11. The van der Waals surface area contributed by atoms with Crippen molar-refractivity contribution in [3.63, 3.8) is 0 Å². The summed E-state index contributed by atoms with van der Waals surface area (Å²) in [6.07, 6.45) is 1.21. The molecule has 11 heteroatoms. The highest BCUT2D eigenvalue weighted by Gasteiger charge is 2.49. The van der Waals surface area contributed by atoms with E-state index in [0.29, 0.717) is 62.2 Å². The molecule has 0 aromatic heterocycles. The number of ether oxygens (including phenoxy) is 7. The maximum Gasteiger partial charge on any atom is 0.338 e. The molecular weight excluding hydrogens is 680 g/mol. The molecule has 0 amide bonds. The molecular formula is C42H50O11. The summed E-state index contributed by atoms with van der Waals surface area (Å²) < 4.78 is 42.6. The monoisotopic (exact) mass is 730 g/mol. The van der Waals surface area contributed by atoms with Crippen LogP contribution >= 0.6 is 0 Å². The van der Waals surface area contributed by atoms with Crippen molar-refractivity contribution in [3.8, 4) is 0 Å². The number of esters is 3. The van der Waals surface area contributed by atoms with E-state index in [1.54, 1.807) is 72.8 Å². The zero-order chi connectivity index (χ0) is 37.0. The van der Waals surface area contributed by atoms with Gasteiger partial charge in [0.05, 0.1) is 53.8 Å². The van der Waals surface area contributed by atoms with Crippen molar-refractivity contribution >= 4 is 17.9 Å². The van der Waals surface area contributed by atoms with Crippen molar-refractivity contribution < 1.29 is 52.6 Å². The van der Waals surface area contributed by atoms with Gasteiger partial charge in [0.25, 0.3) is 0 Å². The van der Waals surface area contributed by atoms with Crippen molar-refractivity contribution in [2.24, 2.45) is 5.92 Å². The van der Waals surface area contributed by atoms with Gasteiger partial charge in [-0.3, -0.25) is 0 Å². The normalized spacial score (nSPS) is 28.1. The number of carbonyl (C=O) groups excluding carboxylic acids is 3. The Morgan fingerprint density at radius 1 is 0.717 bits per heavy atom. The van der Waals surface area contributed by atoms with Crippen molar-refractivity contribution in [3.05, 3.63) is 108 Å². The maximum atomic E-state index is 13.3. The molecule has 3 fully saturated rings. The highest BCUT2D eigenvalue weighted by molar-refractivity contribution is 5.90. The Morgan fingerprint density at radius 2 is 1.25 bits per heavy atom. The summed E-state index contributed by atoms with van der Waals surface area (Å²) in [7, 11) is 0. The lowest BCUT2D eigenvalue weighted by Crippen LogP contribution is -2.47. The van der Waals surface area contributed by atoms with E-state index in [9.17, 15) is 19.5 Å². The van der Waals surface area contributed by atoms with Gasteiger partial charge in [-0.15, -0.1) is 0 Å². The molecule has 6 unspecified atom stereocenters. The molecule has 2 bridgehead atoms. The Labute approximate surface area is 310 Å². The molecule has 3 aromatic carbocycles. The van der Waals surface area contributed by atoms with Crippen molar-refractivity contribution in [1.82, 2.24) is 0 Å². The number of fused-ring (bicyclic) bond motifs is 2. The van der Waals surface area contributed by atoms with Gasteiger partial charge in [-0.25, -0.2) is 14.4 Å².